The molecule has 1 aromatic rings. The van der Waals surface area contributed by atoms with Crippen LogP contribution in [0.1, 0.15) is 84.1 Å². The SMILES string of the molecule is CCCC[C@H]1C=C2C[C@H](O)CC[C@]2(C)[C@H]2CC[C@]3(C)C(c4cccnc4)=CC[C@H]3[C@H]12. The van der Waals surface area contributed by atoms with E-state index in [9.17, 15) is 5.11 Å². The highest BCUT2D eigenvalue weighted by atomic mass is 16.3. The van der Waals surface area contributed by atoms with E-state index < -0.39 is 0 Å². The van der Waals surface area contributed by atoms with Crippen LogP contribution in [0.4, 0.5) is 0 Å². The highest BCUT2D eigenvalue weighted by Crippen LogP contribution is 2.67. The van der Waals surface area contributed by atoms with Crippen LogP contribution in [-0.4, -0.2) is 16.2 Å². The van der Waals surface area contributed by atoms with Crippen molar-refractivity contribution in [3.63, 3.8) is 0 Å². The van der Waals surface area contributed by atoms with Crippen molar-refractivity contribution in [1.29, 1.82) is 0 Å². The fraction of sp³-hybridized carbons (Fsp3) is 0.679. The zero-order chi connectivity index (χ0) is 20.9. The second-order valence-corrected chi connectivity index (χ2v) is 11.2. The number of allylic oxidation sites excluding steroid dienone is 3. The molecule has 30 heavy (non-hydrogen) atoms. The Bertz CT molecular complexity index is 841. The Hall–Kier alpha value is -1.41. The second-order valence-electron chi connectivity index (χ2n) is 11.2. The van der Waals surface area contributed by atoms with Gasteiger partial charge in [-0.05, 0) is 96.7 Å². The molecule has 2 nitrogen and oxygen atoms in total. The van der Waals surface area contributed by atoms with Crippen LogP contribution in [0.15, 0.2) is 42.3 Å². The van der Waals surface area contributed by atoms with E-state index in [0.717, 1.165) is 30.6 Å². The van der Waals surface area contributed by atoms with Gasteiger partial charge in [-0.15, -0.1) is 0 Å². The molecule has 0 saturated heterocycles. The number of fused-ring (bicyclic) bond motifs is 5. The van der Waals surface area contributed by atoms with Crippen LogP contribution in [0.2, 0.25) is 0 Å². The van der Waals surface area contributed by atoms with Crippen LogP contribution in [0, 0.1) is 34.5 Å². The fourth-order valence-corrected chi connectivity index (χ4v) is 8.06. The lowest BCUT2D eigenvalue weighted by molar-refractivity contribution is -0.0476. The molecule has 1 heterocycles. The summed E-state index contributed by atoms with van der Waals surface area (Å²) < 4.78 is 0. The van der Waals surface area contributed by atoms with Crippen molar-refractivity contribution in [2.75, 3.05) is 0 Å². The quantitative estimate of drug-likeness (QED) is 0.558. The number of aliphatic hydroxyl groups excluding tert-OH is 1. The molecular formula is C28H39NO. The summed E-state index contributed by atoms with van der Waals surface area (Å²) in [5.41, 5.74) is 5.10. The molecular weight excluding hydrogens is 366 g/mol. The minimum absolute atomic E-state index is 0.119. The van der Waals surface area contributed by atoms with E-state index in [1.54, 1.807) is 11.1 Å². The molecule has 0 aromatic carbocycles. The summed E-state index contributed by atoms with van der Waals surface area (Å²) in [6.45, 7) is 7.43. The molecule has 0 aliphatic heterocycles. The smallest absolute Gasteiger partial charge is 0.0577 e. The Labute approximate surface area is 182 Å². The second kappa shape index (κ2) is 7.62. The maximum absolute atomic E-state index is 10.4. The van der Waals surface area contributed by atoms with Gasteiger partial charge in [0.2, 0.25) is 0 Å². The molecule has 162 valence electrons. The summed E-state index contributed by atoms with van der Waals surface area (Å²) in [7, 11) is 0. The van der Waals surface area contributed by atoms with Gasteiger partial charge in [0.1, 0.15) is 0 Å². The summed E-state index contributed by atoms with van der Waals surface area (Å²) in [5, 5.41) is 10.4. The number of nitrogens with zero attached hydrogens (tertiary/aromatic N) is 1. The van der Waals surface area contributed by atoms with Crippen LogP contribution >= 0.6 is 0 Å². The van der Waals surface area contributed by atoms with Gasteiger partial charge >= 0.3 is 0 Å². The van der Waals surface area contributed by atoms with Gasteiger partial charge in [-0.25, -0.2) is 0 Å². The first-order valence-electron chi connectivity index (χ1n) is 12.5. The van der Waals surface area contributed by atoms with Gasteiger partial charge in [-0.3, -0.25) is 4.98 Å². The first-order valence-corrected chi connectivity index (χ1v) is 12.5. The Kier molecular flexibility index (Phi) is 5.21. The molecule has 0 bridgehead atoms. The van der Waals surface area contributed by atoms with Crippen LogP contribution in [0.25, 0.3) is 5.57 Å². The van der Waals surface area contributed by atoms with Crippen LogP contribution in [0.5, 0.6) is 0 Å². The van der Waals surface area contributed by atoms with E-state index >= 15 is 0 Å². The van der Waals surface area contributed by atoms with Crippen molar-refractivity contribution < 1.29 is 5.11 Å². The maximum atomic E-state index is 10.4. The van der Waals surface area contributed by atoms with Crippen LogP contribution in [0.3, 0.4) is 0 Å². The molecule has 5 rings (SSSR count). The Morgan fingerprint density at radius 1 is 1.13 bits per heavy atom. The first kappa shape index (κ1) is 20.5. The molecule has 1 aromatic heterocycles. The molecule has 4 aliphatic carbocycles. The lowest BCUT2D eigenvalue weighted by Crippen LogP contribution is -2.52. The van der Waals surface area contributed by atoms with Crippen LogP contribution < -0.4 is 0 Å². The Balaban J connectivity index is 1.53. The number of rotatable bonds is 4. The van der Waals surface area contributed by atoms with Gasteiger partial charge in [-0.2, -0.15) is 0 Å². The summed E-state index contributed by atoms with van der Waals surface area (Å²) in [6, 6.07) is 4.35. The molecule has 0 radical (unpaired) electrons. The van der Waals surface area contributed by atoms with E-state index in [2.05, 4.69) is 56.2 Å². The molecule has 2 saturated carbocycles. The summed E-state index contributed by atoms with van der Waals surface area (Å²) >= 11 is 0. The minimum Gasteiger partial charge on any atom is -0.393 e. The van der Waals surface area contributed by atoms with Crippen molar-refractivity contribution in [1.82, 2.24) is 4.98 Å². The highest BCUT2D eigenvalue weighted by molar-refractivity contribution is 5.72. The standard InChI is InChI=1S/C28H39NO/c1-4-5-7-19-16-21-17-22(30)11-13-27(21,2)25-12-14-28(3)23(9-10-24(28)26(19)25)20-8-6-15-29-18-20/h6,8-9,15-16,18-19,22,24-26,30H,4-5,7,10-14,17H2,1-3H3/t19-,22+,24-,25-,26-,27-,28+/m0/s1. The number of aliphatic hydroxyl groups is 1. The largest absolute Gasteiger partial charge is 0.393 e. The monoisotopic (exact) mass is 405 g/mol. The average molecular weight is 406 g/mol. The van der Waals surface area contributed by atoms with Crippen molar-refractivity contribution in [2.24, 2.45) is 34.5 Å². The molecule has 1 N–H and O–H groups in total. The average Bonchev–Trinajstić information content (AvgIpc) is 3.10. The van der Waals surface area contributed by atoms with Gasteiger partial charge in [0.25, 0.3) is 0 Å². The maximum Gasteiger partial charge on any atom is 0.0577 e. The summed E-state index contributed by atoms with van der Waals surface area (Å²) in [6.07, 6.45) is 19.9. The molecule has 0 unspecified atom stereocenters. The first-order chi connectivity index (χ1) is 14.5. The predicted octanol–water partition coefficient (Wildman–Crippen LogP) is 6.81. The number of hydrogen-bond donors (Lipinski definition) is 1. The third kappa shape index (κ3) is 3.05. The van der Waals surface area contributed by atoms with Crippen molar-refractivity contribution in [2.45, 2.75) is 84.7 Å². The van der Waals surface area contributed by atoms with Gasteiger partial charge in [0, 0.05) is 12.4 Å². The minimum atomic E-state index is -0.119. The van der Waals surface area contributed by atoms with E-state index in [1.165, 1.54) is 50.5 Å². The molecule has 7 atom stereocenters. The van der Waals surface area contributed by atoms with Gasteiger partial charge in [0.15, 0.2) is 0 Å². The number of aromatic nitrogens is 1. The van der Waals surface area contributed by atoms with Gasteiger partial charge in [-0.1, -0.05) is 57.4 Å². The molecule has 4 aliphatic rings. The van der Waals surface area contributed by atoms with Crippen molar-refractivity contribution >= 4 is 5.57 Å². The summed E-state index contributed by atoms with van der Waals surface area (Å²) in [4.78, 5) is 4.43. The molecule has 0 amide bonds. The number of hydrogen-bond acceptors (Lipinski definition) is 2. The lowest BCUT2D eigenvalue weighted by atomic mass is 9.45. The third-order valence-corrected chi connectivity index (χ3v) is 9.69. The summed E-state index contributed by atoms with van der Waals surface area (Å²) in [5.74, 6) is 3.00. The Morgan fingerprint density at radius 3 is 2.73 bits per heavy atom. The Morgan fingerprint density at radius 2 is 1.97 bits per heavy atom. The number of unbranched alkanes of at least 4 members (excludes halogenated alkanes) is 1. The van der Waals surface area contributed by atoms with Gasteiger partial charge < -0.3 is 5.11 Å². The fourth-order valence-electron chi connectivity index (χ4n) is 8.06. The van der Waals surface area contributed by atoms with E-state index in [4.69, 9.17) is 0 Å². The number of pyridine rings is 1. The topological polar surface area (TPSA) is 33.1 Å². The van der Waals surface area contributed by atoms with Gasteiger partial charge in [0.05, 0.1) is 6.10 Å². The highest BCUT2D eigenvalue weighted by Gasteiger charge is 2.58. The molecule has 2 fully saturated rings. The molecule has 2 heteroatoms. The van der Waals surface area contributed by atoms with Crippen molar-refractivity contribution in [3.8, 4) is 0 Å². The zero-order valence-corrected chi connectivity index (χ0v) is 19.1. The zero-order valence-electron chi connectivity index (χ0n) is 19.1. The predicted molar refractivity (Wildman–Crippen MR) is 124 cm³/mol. The van der Waals surface area contributed by atoms with E-state index in [-0.39, 0.29) is 11.5 Å². The molecule has 0 spiro atoms. The lowest BCUT2D eigenvalue weighted by Gasteiger charge is -2.60. The van der Waals surface area contributed by atoms with Crippen LogP contribution in [-0.2, 0) is 0 Å². The van der Waals surface area contributed by atoms with Crippen molar-refractivity contribution in [3.05, 3.63) is 47.8 Å². The van der Waals surface area contributed by atoms with E-state index in [0.29, 0.717) is 11.3 Å². The third-order valence-electron chi connectivity index (χ3n) is 9.69. The normalized spacial score (nSPS) is 42.6. The van der Waals surface area contributed by atoms with E-state index in [1.807, 2.05) is 6.20 Å².